The Morgan fingerprint density at radius 3 is 2.48 bits per heavy atom. The minimum Gasteiger partial charge on any atom is -0.354 e. The minimum atomic E-state index is -4.83. The molecule has 3 rings (SSSR count). The molecule has 0 spiro atoms. The summed E-state index contributed by atoms with van der Waals surface area (Å²) in [4.78, 5) is 13.9. The summed E-state index contributed by atoms with van der Waals surface area (Å²) < 4.78 is 66.7. The molecule has 2 aromatic carbocycles. The van der Waals surface area contributed by atoms with Crippen molar-refractivity contribution in [1.29, 1.82) is 0 Å². The molecule has 6 nitrogen and oxygen atoms in total. The molecule has 1 aliphatic heterocycles. The minimum absolute atomic E-state index is 0.209. The molecule has 1 heterocycles. The van der Waals surface area contributed by atoms with Crippen molar-refractivity contribution in [1.82, 2.24) is 14.9 Å². The molecule has 1 saturated heterocycles. The van der Waals surface area contributed by atoms with Crippen LogP contribution in [0.1, 0.15) is 30.9 Å². The van der Waals surface area contributed by atoms with Crippen LogP contribution in [0.25, 0.3) is 0 Å². The van der Waals surface area contributed by atoms with Crippen LogP contribution in [0.5, 0.6) is 0 Å². The molecular weight excluding hydrogens is 455 g/mol. The van der Waals surface area contributed by atoms with E-state index in [1.165, 1.54) is 18.6 Å². The van der Waals surface area contributed by atoms with E-state index in [0.717, 1.165) is 44.6 Å². The van der Waals surface area contributed by atoms with Gasteiger partial charge in [0, 0.05) is 19.6 Å². The highest BCUT2D eigenvalue weighted by Gasteiger charge is 2.37. The smallest absolute Gasteiger partial charge is 0.354 e. The zero-order chi connectivity index (χ0) is 24.1. The maximum Gasteiger partial charge on any atom is 0.417 e. The molecule has 0 saturated carbocycles. The van der Waals surface area contributed by atoms with Gasteiger partial charge in [-0.25, -0.2) is 8.42 Å². The number of alkyl halides is 3. The number of nitrogens with one attached hydrogen (secondary N) is 2. The molecule has 33 heavy (non-hydrogen) atoms. The van der Waals surface area contributed by atoms with Crippen LogP contribution in [0.3, 0.4) is 0 Å². The highest BCUT2D eigenvalue weighted by atomic mass is 32.2. The number of hydrogen-bond acceptors (Lipinski definition) is 4. The van der Waals surface area contributed by atoms with Crippen LogP contribution >= 0.6 is 0 Å². The Morgan fingerprint density at radius 1 is 1.12 bits per heavy atom. The molecule has 1 unspecified atom stereocenters. The number of amides is 1. The van der Waals surface area contributed by atoms with E-state index in [0.29, 0.717) is 12.6 Å². The first-order valence-corrected chi connectivity index (χ1v) is 12.3. The second kappa shape index (κ2) is 10.7. The predicted molar refractivity (Wildman–Crippen MR) is 119 cm³/mol. The summed E-state index contributed by atoms with van der Waals surface area (Å²) in [6, 6.07) is 12.8. The quantitative estimate of drug-likeness (QED) is 0.603. The fourth-order valence-electron chi connectivity index (χ4n) is 3.99. The van der Waals surface area contributed by atoms with Gasteiger partial charge in [0.1, 0.15) is 0 Å². The third kappa shape index (κ3) is 7.02. The van der Waals surface area contributed by atoms with Crippen molar-refractivity contribution in [2.75, 3.05) is 19.6 Å². The van der Waals surface area contributed by atoms with Crippen LogP contribution in [-0.4, -0.2) is 44.9 Å². The summed E-state index contributed by atoms with van der Waals surface area (Å²) in [5, 5.41) is 2.74. The van der Waals surface area contributed by atoms with E-state index in [1.807, 2.05) is 18.2 Å². The number of likely N-dealkylation sites (tertiary alicyclic amines) is 1. The fraction of sp³-hybridized carbons (Fsp3) is 0.435. The van der Waals surface area contributed by atoms with E-state index in [9.17, 15) is 26.4 Å². The average molecular weight is 484 g/mol. The van der Waals surface area contributed by atoms with Crippen molar-refractivity contribution < 1.29 is 26.4 Å². The summed E-state index contributed by atoms with van der Waals surface area (Å²) in [5.74, 6) is -0.371. The topological polar surface area (TPSA) is 78.5 Å². The number of nitrogens with zero attached hydrogens (tertiary/aromatic N) is 1. The Morgan fingerprint density at radius 2 is 1.79 bits per heavy atom. The summed E-state index contributed by atoms with van der Waals surface area (Å²) in [7, 11) is -4.54. The van der Waals surface area contributed by atoms with Crippen LogP contribution in [-0.2, 0) is 27.5 Å². The number of benzene rings is 2. The van der Waals surface area contributed by atoms with E-state index in [2.05, 4.69) is 27.1 Å². The molecule has 2 aromatic rings. The lowest BCUT2D eigenvalue weighted by Crippen LogP contribution is -2.47. The fourth-order valence-corrected chi connectivity index (χ4v) is 5.42. The monoisotopic (exact) mass is 483 g/mol. The van der Waals surface area contributed by atoms with Crippen LogP contribution in [0, 0.1) is 5.92 Å². The molecule has 180 valence electrons. The lowest BCUT2D eigenvalue weighted by Gasteiger charge is -2.33. The predicted octanol–water partition coefficient (Wildman–Crippen LogP) is 3.40. The first kappa shape index (κ1) is 25.2. The van der Waals surface area contributed by atoms with E-state index >= 15 is 0 Å². The Balaban J connectivity index is 1.54. The van der Waals surface area contributed by atoms with Crippen molar-refractivity contribution in [3.63, 3.8) is 0 Å². The molecule has 0 aliphatic carbocycles. The van der Waals surface area contributed by atoms with Gasteiger partial charge in [-0.15, -0.1) is 0 Å². The second-order valence-corrected chi connectivity index (χ2v) is 9.99. The van der Waals surface area contributed by atoms with Gasteiger partial charge in [0.2, 0.25) is 15.9 Å². The molecule has 2 atom stereocenters. The summed E-state index contributed by atoms with van der Waals surface area (Å²) in [6.07, 6.45) is -2.90. The van der Waals surface area contributed by atoms with E-state index in [-0.39, 0.29) is 5.92 Å². The largest absolute Gasteiger partial charge is 0.417 e. The summed E-state index contributed by atoms with van der Waals surface area (Å²) in [6.45, 7) is 4.27. The third-order valence-corrected chi connectivity index (χ3v) is 7.22. The lowest BCUT2D eigenvalue weighted by atomic mass is 9.97. The van der Waals surface area contributed by atoms with Crippen molar-refractivity contribution in [3.05, 3.63) is 65.7 Å². The lowest BCUT2D eigenvalue weighted by molar-refractivity contribution is -0.139. The number of piperidine rings is 1. The Hall–Kier alpha value is -2.43. The Labute approximate surface area is 192 Å². The summed E-state index contributed by atoms with van der Waals surface area (Å²) in [5.41, 5.74) is -0.0600. The van der Waals surface area contributed by atoms with E-state index in [4.69, 9.17) is 0 Å². The molecular formula is C23H28F3N3O3S. The zero-order valence-electron chi connectivity index (χ0n) is 18.3. The zero-order valence-corrected chi connectivity index (χ0v) is 19.1. The molecule has 0 aromatic heterocycles. The van der Waals surface area contributed by atoms with Gasteiger partial charge in [0.15, 0.2) is 0 Å². The van der Waals surface area contributed by atoms with Crippen molar-refractivity contribution in [3.8, 4) is 0 Å². The number of halogens is 3. The SMILES string of the molecule is C[C@H](NS(=O)(=O)c1ccccc1C(F)(F)F)C(=O)NCC1CCCN(Cc2ccccc2)C1. The number of hydrogen-bond donors (Lipinski definition) is 2. The van der Waals surface area contributed by atoms with Crippen LogP contribution in [0.4, 0.5) is 13.2 Å². The summed E-state index contributed by atoms with van der Waals surface area (Å²) >= 11 is 0. The molecule has 1 aliphatic rings. The van der Waals surface area contributed by atoms with Gasteiger partial charge in [-0.1, -0.05) is 42.5 Å². The van der Waals surface area contributed by atoms with E-state index < -0.39 is 38.6 Å². The van der Waals surface area contributed by atoms with Crippen molar-refractivity contribution in [2.24, 2.45) is 5.92 Å². The Bertz CT molecular complexity index is 1050. The van der Waals surface area contributed by atoms with E-state index in [1.54, 1.807) is 0 Å². The molecule has 1 fully saturated rings. The van der Waals surface area contributed by atoms with Crippen LogP contribution < -0.4 is 10.0 Å². The maximum absolute atomic E-state index is 13.2. The van der Waals surface area contributed by atoms with Gasteiger partial charge in [-0.2, -0.15) is 17.9 Å². The van der Waals surface area contributed by atoms with Gasteiger partial charge in [-0.3, -0.25) is 9.69 Å². The Kier molecular flexibility index (Phi) is 8.14. The second-order valence-electron chi connectivity index (χ2n) is 8.31. The van der Waals surface area contributed by atoms with Gasteiger partial charge in [-0.05, 0) is 49.9 Å². The number of sulfonamides is 1. The molecule has 10 heteroatoms. The average Bonchev–Trinajstić information content (AvgIpc) is 2.77. The van der Waals surface area contributed by atoms with Gasteiger partial charge in [0.05, 0.1) is 16.5 Å². The third-order valence-electron chi connectivity index (χ3n) is 5.62. The molecule has 0 bridgehead atoms. The number of carbonyl (C=O) groups excluding carboxylic acids is 1. The van der Waals surface area contributed by atoms with Crippen LogP contribution in [0.15, 0.2) is 59.5 Å². The molecule has 1 amide bonds. The normalized spacial score (nSPS) is 18.6. The molecule has 0 radical (unpaired) electrons. The highest BCUT2D eigenvalue weighted by Crippen LogP contribution is 2.33. The van der Waals surface area contributed by atoms with Gasteiger partial charge in [0.25, 0.3) is 0 Å². The van der Waals surface area contributed by atoms with Crippen molar-refractivity contribution >= 4 is 15.9 Å². The van der Waals surface area contributed by atoms with Gasteiger partial charge >= 0.3 is 6.18 Å². The first-order valence-electron chi connectivity index (χ1n) is 10.8. The maximum atomic E-state index is 13.2. The van der Waals surface area contributed by atoms with Crippen molar-refractivity contribution in [2.45, 2.75) is 43.4 Å². The standard InChI is InChI=1S/C23H28F3N3O3S/c1-17(28-33(31,32)21-12-6-5-11-20(21)23(24,25)26)22(30)27-14-19-10-7-13-29(16-19)15-18-8-3-2-4-9-18/h2-6,8-9,11-12,17,19,28H,7,10,13-16H2,1H3,(H,27,30)/t17-,19?/m0/s1. The highest BCUT2D eigenvalue weighted by molar-refractivity contribution is 7.89. The van der Waals surface area contributed by atoms with Crippen LogP contribution in [0.2, 0.25) is 0 Å². The molecule has 2 N–H and O–H groups in total. The van der Waals surface area contributed by atoms with Gasteiger partial charge < -0.3 is 5.32 Å². The number of carbonyl (C=O) groups is 1. The first-order chi connectivity index (χ1) is 15.6. The number of rotatable bonds is 8.